The van der Waals surface area contributed by atoms with E-state index in [9.17, 15) is 0 Å². The number of hydrogen-bond donors (Lipinski definition) is 2. The maximum absolute atomic E-state index is 4.50. The van der Waals surface area contributed by atoms with Gasteiger partial charge in [-0.3, -0.25) is 9.89 Å². The molecule has 0 amide bonds. The molecule has 3 rings (SSSR count). The van der Waals surface area contributed by atoms with Crippen molar-refractivity contribution >= 4 is 41.3 Å². The summed E-state index contributed by atoms with van der Waals surface area (Å²) in [7, 11) is 4.03. The van der Waals surface area contributed by atoms with Gasteiger partial charge in [-0.1, -0.05) is 24.3 Å². The summed E-state index contributed by atoms with van der Waals surface area (Å²) < 4.78 is 0. The van der Waals surface area contributed by atoms with E-state index < -0.39 is 0 Å². The lowest BCUT2D eigenvalue weighted by molar-refractivity contribution is 0.269. The van der Waals surface area contributed by atoms with Gasteiger partial charge in [-0.25, -0.2) is 4.98 Å². The highest BCUT2D eigenvalue weighted by molar-refractivity contribution is 14.0. The van der Waals surface area contributed by atoms with Crippen LogP contribution < -0.4 is 10.6 Å². The first kappa shape index (κ1) is 25.0. The van der Waals surface area contributed by atoms with Gasteiger partial charge in [-0.2, -0.15) is 0 Å². The Bertz CT molecular complexity index is 776. The largest absolute Gasteiger partial charge is 0.356 e. The number of aliphatic imine (C=N–C) groups is 1. The number of likely N-dealkylation sites (N-methyl/N-ethyl adjacent to an activating group) is 1. The van der Waals surface area contributed by atoms with Crippen molar-refractivity contribution in [1.29, 1.82) is 0 Å². The second kappa shape index (κ2) is 13.2. The second-order valence-electron chi connectivity index (χ2n) is 7.71. The topological polar surface area (TPSA) is 55.8 Å². The first-order valence-electron chi connectivity index (χ1n) is 10.5. The fourth-order valence-electron chi connectivity index (χ4n) is 3.52. The number of aryl methyl sites for hydroxylation is 1. The van der Waals surface area contributed by atoms with Crippen LogP contribution in [0.15, 0.2) is 34.6 Å². The molecule has 0 unspecified atom stereocenters. The van der Waals surface area contributed by atoms with Gasteiger partial charge in [0.25, 0.3) is 0 Å². The normalized spacial score (nSPS) is 16.0. The number of rotatable bonds is 7. The molecule has 2 aromatic rings. The van der Waals surface area contributed by atoms with Crippen LogP contribution in [0.3, 0.4) is 0 Å². The Labute approximate surface area is 202 Å². The molecule has 1 saturated heterocycles. The van der Waals surface area contributed by atoms with Gasteiger partial charge in [0.05, 0.1) is 10.7 Å². The predicted octanol–water partition coefficient (Wildman–Crippen LogP) is 3.11. The highest BCUT2D eigenvalue weighted by Gasteiger charge is 2.12. The van der Waals surface area contributed by atoms with E-state index in [0.29, 0.717) is 0 Å². The van der Waals surface area contributed by atoms with Gasteiger partial charge in [0, 0.05) is 51.6 Å². The lowest BCUT2D eigenvalue weighted by Gasteiger charge is -2.20. The van der Waals surface area contributed by atoms with E-state index in [0.717, 1.165) is 55.8 Å². The molecular weight excluding hydrogens is 507 g/mol. The van der Waals surface area contributed by atoms with E-state index in [2.05, 4.69) is 67.1 Å². The number of aromatic nitrogens is 1. The molecule has 166 valence electrons. The maximum atomic E-state index is 4.50. The Hall–Kier alpha value is -1.23. The molecule has 0 atom stereocenters. The summed E-state index contributed by atoms with van der Waals surface area (Å²) in [6.07, 6.45) is 2.17. The van der Waals surface area contributed by atoms with Crippen LogP contribution in [0.25, 0.3) is 0 Å². The average Bonchev–Trinajstić information content (AvgIpc) is 3.03. The standard InChI is InChI=1S/C22H34N6S.HI/c1-18-26-21(17-29-18)9-10-24-22(23-2)25-15-19-5-7-20(8-6-19)16-28-12-4-11-27(3)13-14-28;/h5-8,17H,4,9-16H2,1-3H3,(H2,23,24,25);1H. The van der Waals surface area contributed by atoms with Crippen molar-refractivity contribution in [2.24, 2.45) is 4.99 Å². The van der Waals surface area contributed by atoms with Crippen molar-refractivity contribution in [1.82, 2.24) is 25.4 Å². The van der Waals surface area contributed by atoms with Crippen LogP contribution in [0.1, 0.15) is 28.2 Å². The monoisotopic (exact) mass is 542 g/mol. The minimum absolute atomic E-state index is 0. The lowest BCUT2D eigenvalue weighted by atomic mass is 10.1. The van der Waals surface area contributed by atoms with Gasteiger partial charge in [-0.05, 0) is 44.6 Å². The van der Waals surface area contributed by atoms with E-state index in [1.807, 2.05) is 14.0 Å². The van der Waals surface area contributed by atoms with Crippen molar-refractivity contribution in [3.8, 4) is 0 Å². The third-order valence-electron chi connectivity index (χ3n) is 5.27. The molecule has 6 nitrogen and oxygen atoms in total. The van der Waals surface area contributed by atoms with Gasteiger partial charge in [0.15, 0.2) is 5.96 Å². The predicted molar refractivity (Wildman–Crippen MR) is 138 cm³/mol. The first-order chi connectivity index (χ1) is 14.1. The van der Waals surface area contributed by atoms with Gasteiger partial charge < -0.3 is 15.5 Å². The van der Waals surface area contributed by atoms with E-state index in [1.165, 1.54) is 30.6 Å². The zero-order valence-electron chi connectivity index (χ0n) is 18.4. The summed E-state index contributed by atoms with van der Waals surface area (Å²) in [6.45, 7) is 9.40. The third-order valence-corrected chi connectivity index (χ3v) is 6.09. The Morgan fingerprint density at radius 3 is 2.57 bits per heavy atom. The Morgan fingerprint density at radius 2 is 1.87 bits per heavy atom. The summed E-state index contributed by atoms with van der Waals surface area (Å²) >= 11 is 1.70. The molecule has 0 saturated carbocycles. The zero-order chi connectivity index (χ0) is 20.5. The van der Waals surface area contributed by atoms with Crippen molar-refractivity contribution < 1.29 is 0 Å². The summed E-state index contributed by atoms with van der Waals surface area (Å²) in [5.74, 6) is 0.828. The van der Waals surface area contributed by atoms with Crippen molar-refractivity contribution in [3.63, 3.8) is 0 Å². The van der Waals surface area contributed by atoms with Gasteiger partial charge >= 0.3 is 0 Å². The molecule has 1 fully saturated rings. The van der Waals surface area contributed by atoms with Crippen molar-refractivity contribution in [3.05, 3.63) is 51.5 Å². The SMILES string of the molecule is CN=C(NCCc1csc(C)n1)NCc1ccc(CN2CCCN(C)CC2)cc1.I. The van der Waals surface area contributed by atoms with Crippen LogP contribution in [0, 0.1) is 6.92 Å². The minimum atomic E-state index is 0. The van der Waals surface area contributed by atoms with Gasteiger partial charge in [-0.15, -0.1) is 35.3 Å². The number of nitrogens with zero attached hydrogens (tertiary/aromatic N) is 4. The molecule has 1 aromatic heterocycles. The lowest BCUT2D eigenvalue weighted by Crippen LogP contribution is -2.37. The summed E-state index contributed by atoms with van der Waals surface area (Å²) in [4.78, 5) is 13.8. The molecular formula is C22H35IN6S. The summed E-state index contributed by atoms with van der Waals surface area (Å²) in [5.41, 5.74) is 3.80. The van der Waals surface area contributed by atoms with Gasteiger partial charge in [0.2, 0.25) is 0 Å². The van der Waals surface area contributed by atoms with Gasteiger partial charge in [0.1, 0.15) is 0 Å². The van der Waals surface area contributed by atoms with E-state index in [1.54, 1.807) is 11.3 Å². The number of hydrogen-bond acceptors (Lipinski definition) is 5. The van der Waals surface area contributed by atoms with Crippen LogP contribution >= 0.6 is 35.3 Å². The smallest absolute Gasteiger partial charge is 0.191 e. The maximum Gasteiger partial charge on any atom is 0.191 e. The van der Waals surface area contributed by atoms with E-state index in [-0.39, 0.29) is 24.0 Å². The molecule has 8 heteroatoms. The molecule has 2 heterocycles. The van der Waals surface area contributed by atoms with Crippen LogP contribution in [0.5, 0.6) is 0 Å². The Morgan fingerprint density at radius 1 is 1.10 bits per heavy atom. The molecule has 0 aliphatic carbocycles. The highest BCUT2D eigenvalue weighted by atomic mass is 127. The van der Waals surface area contributed by atoms with E-state index in [4.69, 9.17) is 0 Å². The molecule has 0 spiro atoms. The van der Waals surface area contributed by atoms with Crippen LogP contribution in [0.4, 0.5) is 0 Å². The fraction of sp³-hybridized carbons (Fsp3) is 0.545. The average molecular weight is 543 g/mol. The highest BCUT2D eigenvalue weighted by Crippen LogP contribution is 2.10. The quantitative estimate of drug-likeness (QED) is 0.320. The molecule has 30 heavy (non-hydrogen) atoms. The van der Waals surface area contributed by atoms with Crippen LogP contribution in [-0.4, -0.2) is 67.6 Å². The fourth-order valence-corrected chi connectivity index (χ4v) is 4.16. The van der Waals surface area contributed by atoms with Crippen molar-refractivity contribution in [2.45, 2.75) is 32.9 Å². The third kappa shape index (κ3) is 8.49. The second-order valence-corrected chi connectivity index (χ2v) is 8.77. The minimum Gasteiger partial charge on any atom is -0.356 e. The molecule has 1 aliphatic rings. The molecule has 1 aliphatic heterocycles. The summed E-state index contributed by atoms with van der Waals surface area (Å²) in [5, 5.41) is 10.0. The number of nitrogens with one attached hydrogen (secondary N) is 2. The molecule has 1 aromatic carbocycles. The number of guanidine groups is 1. The van der Waals surface area contributed by atoms with E-state index >= 15 is 0 Å². The first-order valence-corrected chi connectivity index (χ1v) is 11.3. The molecule has 0 radical (unpaired) electrons. The number of benzene rings is 1. The molecule has 0 bridgehead atoms. The zero-order valence-corrected chi connectivity index (χ0v) is 21.5. The Balaban J connectivity index is 0.00000320. The number of halogens is 1. The summed E-state index contributed by atoms with van der Waals surface area (Å²) in [6, 6.07) is 8.95. The van der Waals surface area contributed by atoms with Crippen molar-refractivity contribution in [2.75, 3.05) is 46.8 Å². The van der Waals surface area contributed by atoms with Crippen LogP contribution in [0.2, 0.25) is 0 Å². The Kier molecular flexibility index (Phi) is 11.0. The molecule has 2 N–H and O–H groups in total. The van der Waals surface area contributed by atoms with Crippen LogP contribution in [-0.2, 0) is 19.5 Å². The number of thiazole rings is 1.